The average molecular weight is 306 g/mol. The molecule has 1 atom stereocenters. The lowest BCUT2D eigenvalue weighted by atomic mass is 10.0. The number of aromatic nitrogens is 1. The monoisotopic (exact) mass is 306 g/mol. The summed E-state index contributed by atoms with van der Waals surface area (Å²) in [6, 6.07) is 2.18. The van der Waals surface area contributed by atoms with Gasteiger partial charge in [0.05, 0.1) is 11.6 Å². The van der Waals surface area contributed by atoms with Crippen molar-refractivity contribution in [2.75, 3.05) is 19.6 Å². The highest BCUT2D eigenvalue weighted by molar-refractivity contribution is 5.88. The van der Waals surface area contributed by atoms with Gasteiger partial charge in [0, 0.05) is 44.7 Å². The van der Waals surface area contributed by atoms with Crippen LogP contribution in [0.5, 0.6) is 0 Å². The molecule has 2 saturated heterocycles. The number of rotatable bonds is 4. The smallest absolute Gasteiger partial charge is 0.223 e. The number of likely N-dealkylation sites (tertiary alicyclic amines) is 2. The Morgan fingerprint density at radius 1 is 1.45 bits per heavy atom. The fourth-order valence-electron chi connectivity index (χ4n) is 3.39. The third kappa shape index (κ3) is 3.14. The Bertz CT molecular complexity index is 563. The van der Waals surface area contributed by atoms with Crippen LogP contribution in [0.2, 0.25) is 0 Å². The molecule has 0 radical (unpaired) electrons. The van der Waals surface area contributed by atoms with Crippen LogP contribution in [-0.4, -0.2) is 52.4 Å². The first-order chi connectivity index (χ1) is 10.5. The first-order valence-corrected chi connectivity index (χ1v) is 7.76. The van der Waals surface area contributed by atoms with Gasteiger partial charge in [0.2, 0.25) is 11.8 Å². The van der Waals surface area contributed by atoms with Gasteiger partial charge in [0.15, 0.2) is 0 Å². The summed E-state index contributed by atoms with van der Waals surface area (Å²) in [6.07, 6.45) is 2.12. The van der Waals surface area contributed by atoms with Crippen molar-refractivity contribution in [2.24, 2.45) is 11.7 Å². The largest absolute Gasteiger partial charge is 0.369 e. The van der Waals surface area contributed by atoms with Crippen LogP contribution in [0.4, 0.5) is 0 Å². The van der Waals surface area contributed by atoms with Crippen molar-refractivity contribution in [3.63, 3.8) is 0 Å². The van der Waals surface area contributed by atoms with Gasteiger partial charge < -0.3 is 15.2 Å². The first-order valence-electron chi connectivity index (χ1n) is 7.76. The van der Waals surface area contributed by atoms with E-state index in [1.165, 1.54) is 0 Å². The minimum absolute atomic E-state index is 0.0642. The van der Waals surface area contributed by atoms with Gasteiger partial charge in [-0.1, -0.05) is 5.16 Å². The summed E-state index contributed by atoms with van der Waals surface area (Å²) in [7, 11) is 0. The number of nitrogens with zero attached hydrogens (tertiary/aromatic N) is 3. The van der Waals surface area contributed by atoms with Crippen LogP contribution >= 0.6 is 0 Å². The number of primary amides is 1. The van der Waals surface area contributed by atoms with E-state index in [9.17, 15) is 9.59 Å². The van der Waals surface area contributed by atoms with E-state index in [-0.39, 0.29) is 30.2 Å². The number of amides is 2. The highest BCUT2D eigenvalue weighted by atomic mass is 16.5. The molecule has 120 valence electrons. The quantitative estimate of drug-likeness (QED) is 0.862. The van der Waals surface area contributed by atoms with Crippen LogP contribution < -0.4 is 5.73 Å². The zero-order chi connectivity index (χ0) is 15.7. The fraction of sp³-hybridized carbons (Fsp3) is 0.667. The molecule has 1 aromatic rings. The Balaban J connectivity index is 1.51. The third-order valence-corrected chi connectivity index (χ3v) is 4.62. The molecule has 0 bridgehead atoms. The molecule has 0 aliphatic carbocycles. The second-order valence-corrected chi connectivity index (χ2v) is 6.29. The molecule has 2 aliphatic rings. The van der Waals surface area contributed by atoms with Crippen molar-refractivity contribution < 1.29 is 14.1 Å². The summed E-state index contributed by atoms with van der Waals surface area (Å²) in [5, 5.41) is 4.02. The van der Waals surface area contributed by atoms with Gasteiger partial charge in [0.25, 0.3) is 0 Å². The second kappa shape index (κ2) is 6.08. The summed E-state index contributed by atoms with van der Waals surface area (Å²) >= 11 is 0. The molecule has 1 aromatic heterocycles. The molecule has 3 heterocycles. The van der Waals surface area contributed by atoms with Crippen LogP contribution in [0, 0.1) is 12.8 Å². The highest BCUT2D eigenvalue weighted by Crippen LogP contribution is 2.25. The first kappa shape index (κ1) is 15.0. The predicted octanol–water partition coefficient (Wildman–Crippen LogP) is 0.281. The molecule has 2 amide bonds. The Morgan fingerprint density at radius 3 is 2.73 bits per heavy atom. The van der Waals surface area contributed by atoms with Crippen molar-refractivity contribution in [3.05, 3.63) is 17.5 Å². The normalized spacial score (nSPS) is 24.1. The summed E-state index contributed by atoms with van der Waals surface area (Å²) in [6.45, 7) is 4.99. The van der Waals surface area contributed by atoms with E-state index in [0.29, 0.717) is 6.54 Å². The zero-order valence-corrected chi connectivity index (χ0v) is 12.8. The second-order valence-electron chi connectivity index (χ2n) is 6.29. The lowest BCUT2D eigenvalue weighted by molar-refractivity contribution is -0.130. The van der Waals surface area contributed by atoms with E-state index in [2.05, 4.69) is 10.1 Å². The average Bonchev–Trinajstić information content (AvgIpc) is 3.06. The van der Waals surface area contributed by atoms with Crippen molar-refractivity contribution >= 4 is 11.8 Å². The maximum Gasteiger partial charge on any atom is 0.223 e. The minimum atomic E-state index is -0.366. The molecular weight excluding hydrogens is 284 g/mol. The molecule has 0 spiro atoms. The molecule has 0 saturated carbocycles. The number of nitrogens with two attached hydrogens (primary N) is 1. The van der Waals surface area contributed by atoms with Gasteiger partial charge in [-0.2, -0.15) is 0 Å². The van der Waals surface area contributed by atoms with E-state index in [1.54, 1.807) is 0 Å². The Kier molecular flexibility index (Phi) is 4.15. The third-order valence-electron chi connectivity index (χ3n) is 4.62. The number of hydrogen-bond acceptors (Lipinski definition) is 5. The van der Waals surface area contributed by atoms with Gasteiger partial charge in [-0.3, -0.25) is 14.5 Å². The van der Waals surface area contributed by atoms with Gasteiger partial charge in [-0.25, -0.2) is 0 Å². The van der Waals surface area contributed by atoms with Gasteiger partial charge in [-0.15, -0.1) is 0 Å². The summed E-state index contributed by atoms with van der Waals surface area (Å²) < 4.78 is 5.08. The van der Waals surface area contributed by atoms with E-state index in [1.807, 2.05) is 17.9 Å². The molecule has 22 heavy (non-hydrogen) atoms. The van der Waals surface area contributed by atoms with Crippen LogP contribution in [0.1, 0.15) is 30.7 Å². The van der Waals surface area contributed by atoms with Crippen LogP contribution in [-0.2, 0) is 16.1 Å². The van der Waals surface area contributed by atoms with Crippen molar-refractivity contribution in [1.29, 1.82) is 0 Å². The zero-order valence-electron chi connectivity index (χ0n) is 12.8. The lowest BCUT2D eigenvalue weighted by Crippen LogP contribution is -2.45. The number of aryl methyl sites for hydroxylation is 1. The SMILES string of the molecule is Cc1cc(CN2CCC(N3CC(C(N)=O)CC3=O)CC2)no1. The molecule has 1 unspecified atom stereocenters. The van der Waals surface area contributed by atoms with Gasteiger partial charge >= 0.3 is 0 Å². The van der Waals surface area contributed by atoms with Crippen molar-refractivity contribution in [1.82, 2.24) is 15.0 Å². The molecule has 3 rings (SSSR count). The summed E-state index contributed by atoms with van der Waals surface area (Å²) in [4.78, 5) is 27.5. The number of carbonyl (C=O) groups is 2. The molecule has 2 aliphatic heterocycles. The molecule has 7 nitrogen and oxygen atoms in total. The number of hydrogen-bond donors (Lipinski definition) is 1. The topological polar surface area (TPSA) is 92.7 Å². The number of piperidine rings is 1. The summed E-state index contributed by atoms with van der Waals surface area (Å²) in [5.41, 5.74) is 6.27. The maximum absolute atomic E-state index is 12.0. The van der Waals surface area contributed by atoms with Gasteiger partial charge in [0.1, 0.15) is 5.76 Å². The van der Waals surface area contributed by atoms with E-state index in [0.717, 1.165) is 43.9 Å². The van der Waals surface area contributed by atoms with Crippen molar-refractivity contribution in [3.8, 4) is 0 Å². The van der Waals surface area contributed by atoms with E-state index < -0.39 is 0 Å². The number of carbonyl (C=O) groups excluding carboxylic acids is 2. The fourth-order valence-corrected chi connectivity index (χ4v) is 3.39. The van der Waals surface area contributed by atoms with Crippen molar-refractivity contribution in [2.45, 2.75) is 38.8 Å². The summed E-state index contributed by atoms with van der Waals surface area (Å²) in [5.74, 6) is 0.206. The molecule has 2 N–H and O–H groups in total. The van der Waals surface area contributed by atoms with Crippen LogP contribution in [0.25, 0.3) is 0 Å². The Labute approximate surface area is 129 Å². The van der Waals surface area contributed by atoms with E-state index in [4.69, 9.17) is 10.3 Å². The highest BCUT2D eigenvalue weighted by Gasteiger charge is 2.38. The lowest BCUT2D eigenvalue weighted by Gasteiger charge is -2.36. The predicted molar refractivity (Wildman–Crippen MR) is 78.6 cm³/mol. The van der Waals surface area contributed by atoms with Crippen LogP contribution in [0.15, 0.2) is 10.6 Å². The molecule has 7 heteroatoms. The molecular formula is C15H22N4O3. The maximum atomic E-state index is 12.0. The minimum Gasteiger partial charge on any atom is -0.369 e. The van der Waals surface area contributed by atoms with E-state index >= 15 is 0 Å². The molecule has 2 fully saturated rings. The Hall–Kier alpha value is -1.89. The van der Waals surface area contributed by atoms with Gasteiger partial charge in [-0.05, 0) is 19.8 Å². The standard InChI is InChI=1S/C15H22N4O3/c1-10-6-12(17-22-10)9-18-4-2-13(3-5-18)19-8-11(15(16)21)7-14(19)20/h6,11,13H,2-5,7-9H2,1H3,(H2,16,21). The molecule has 0 aromatic carbocycles. The Morgan fingerprint density at radius 2 is 2.18 bits per heavy atom. The van der Waals surface area contributed by atoms with Crippen LogP contribution in [0.3, 0.4) is 0 Å².